The average Bonchev–Trinajstić information content (AvgIpc) is 3.55. The van der Waals surface area contributed by atoms with E-state index in [-0.39, 0.29) is 30.1 Å². The van der Waals surface area contributed by atoms with Gasteiger partial charge in [0.2, 0.25) is 11.8 Å². The molecule has 206 valence electrons. The van der Waals surface area contributed by atoms with Crippen molar-refractivity contribution in [2.75, 3.05) is 26.3 Å². The number of amides is 2. The van der Waals surface area contributed by atoms with Gasteiger partial charge >= 0.3 is 0 Å². The summed E-state index contributed by atoms with van der Waals surface area (Å²) in [4.78, 5) is 36.5. The number of likely N-dealkylation sites (tertiary alicyclic amines) is 1. The van der Waals surface area contributed by atoms with Crippen LogP contribution < -0.4 is 10.6 Å². The maximum Gasteiger partial charge on any atom is 0.238 e. The third-order valence-corrected chi connectivity index (χ3v) is 8.62. The second-order valence-corrected chi connectivity index (χ2v) is 11.6. The highest BCUT2D eigenvalue weighted by molar-refractivity contribution is 5.89. The van der Waals surface area contributed by atoms with Crippen LogP contribution in [-0.4, -0.2) is 59.0 Å². The molecule has 2 saturated heterocycles. The molecule has 8 nitrogen and oxygen atoms in total. The fourth-order valence-electron chi connectivity index (χ4n) is 6.48. The van der Waals surface area contributed by atoms with E-state index in [1.807, 2.05) is 30.0 Å². The van der Waals surface area contributed by atoms with Crippen LogP contribution >= 0.6 is 0 Å². The van der Waals surface area contributed by atoms with Gasteiger partial charge in [-0.1, -0.05) is 36.4 Å². The monoisotopic (exact) mass is 533 g/mol. The Morgan fingerprint density at radius 2 is 1.97 bits per heavy atom. The summed E-state index contributed by atoms with van der Waals surface area (Å²) in [6.07, 6.45) is 4.13. The van der Waals surface area contributed by atoms with E-state index in [0.29, 0.717) is 41.3 Å². The summed E-state index contributed by atoms with van der Waals surface area (Å²) < 4.78 is 19.6. The molecule has 1 saturated carbocycles. The van der Waals surface area contributed by atoms with Gasteiger partial charge < -0.3 is 25.3 Å². The Balaban J connectivity index is 1.14. The highest BCUT2D eigenvalue weighted by atomic mass is 19.1. The Bertz CT molecular complexity index is 1330. The van der Waals surface area contributed by atoms with Crippen molar-refractivity contribution < 1.29 is 18.7 Å². The summed E-state index contributed by atoms with van der Waals surface area (Å²) in [5.74, 6) is 0.281. The molecular formula is C30H36FN5O3. The Kier molecular flexibility index (Phi) is 7.12. The van der Waals surface area contributed by atoms with Crippen LogP contribution in [0.1, 0.15) is 62.5 Å². The standard InChI is InChI=1S/C30H36FN5O3/c1-19(28-34-23-10-5-9-22(31)27(23)35-28)33-29(38)24(32-16-20-14-30(15-20)17-39-18-30)13-26(37)36-12-6-11-25(36)21-7-3-2-4-8-21/h2-5,7-10,19-20,24-25,32H,6,11-18H2,1H3,(H,33,38)(H,34,35)/t19-,24-,25-/m0/s1. The minimum Gasteiger partial charge on any atom is -0.380 e. The lowest BCUT2D eigenvalue weighted by atomic mass is 9.60. The molecule has 3 heterocycles. The van der Waals surface area contributed by atoms with E-state index >= 15 is 0 Å². The van der Waals surface area contributed by atoms with Gasteiger partial charge in [0.1, 0.15) is 17.2 Å². The zero-order chi connectivity index (χ0) is 27.0. The normalized spacial score (nSPS) is 21.9. The molecule has 2 aromatic carbocycles. The lowest BCUT2D eigenvalue weighted by Gasteiger charge is -2.53. The number of carbonyl (C=O) groups is 2. The predicted octanol–water partition coefficient (Wildman–Crippen LogP) is 4.02. The molecular weight excluding hydrogens is 497 g/mol. The molecule has 3 aromatic rings. The molecule has 9 heteroatoms. The number of carbonyl (C=O) groups excluding carboxylic acids is 2. The van der Waals surface area contributed by atoms with E-state index in [1.165, 1.54) is 6.07 Å². The Morgan fingerprint density at radius 3 is 2.69 bits per heavy atom. The van der Waals surface area contributed by atoms with Crippen molar-refractivity contribution in [2.24, 2.45) is 11.3 Å². The Hall–Kier alpha value is -3.30. The third-order valence-electron chi connectivity index (χ3n) is 8.62. The van der Waals surface area contributed by atoms with Crippen LogP contribution in [-0.2, 0) is 14.3 Å². The molecule has 1 aliphatic carbocycles. The van der Waals surface area contributed by atoms with Gasteiger partial charge in [-0.05, 0) is 62.8 Å². The van der Waals surface area contributed by atoms with Gasteiger partial charge in [0.25, 0.3) is 0 Å². The minimum absolute atomic E-state index is 0.0232. The summed E-state index contributed by atoms with van der Waals surface area (Å²) in [6.45, 7) is 4.84. The molecule has 1 aromatic heterocycles. The first-order chi connectivity index (χ1) is 18.9. The number of benzene rings is 2. The van der Waals surface area contributed by atoms with Crippen molar-refractivity contribution in [3.05, 3.63) is 65.7 Å². The number of halogens is 1. The highest BCUT2D eigenvalue weighted by Crippen LogP contribution is 2.50. The van der Waals surface area contributed by atoms with Crippen molar-refractivity contribution in [3.8, 4) is 0 Å². The number of hydrogen-bond donors (Lipinski definition) is 3. The zero-order valence-electron chi connectivity index (χ0n) is 22.3. The van der Waals surface area contributed by atoms with Crippen molar-refractivity contribution in [3.63, 3.8) is 0 Å². The average molecular weight is 534 g/mol. The molecule has 0 unspecified atom stereocenters. The van der Waals surface area contributed by atoms with E-state index in [9.17, 15) is 14.0 Å². The number of para-hydroxylation sites is 1. The maximum absolute atomic E-state index is 14.2. The van der Waals surface area contributed by atoms with Crippen molar-refractivity contribution in [1.29, 1.82) is 0 Å². The number of aromatic nitrogens is 2. The number of rotatable bonds is 9. The molecule has 1 spiro atoms. The fourth-order valence-corrected chi connectivity index (χ4v) is 6.48. The first kappa shape index (κ1) is 26.0. The first-order valence-electron chi connectivity index (χ1n) is 14.0. The number of imidazole rings is 1. The van der Waals surface area contributed by atoms with E-state index in [4.69, 9.17) is 4.74 Å². The van der Waals surface area contributed by atoms with Gasteiger partial charge in [-0.15, -0.1) is 0 Å². The summed E-state index contributed by atoms with van der Waals surface area (Å²) in [6, 6.07) is 13.7. The van der Waals surface area contributed by atoms with Crippen LogP contribution in [0.3, 0.4) is 0 Å². The first-order valence-corrected chi connectivity index (χ1v) is 14.0. The second kappa shape index (κ2) is 10.7. The van der Waals surface area contributed by atoms with Gasteiger partial charge in [-0.25, -0.2) is 9.37 Å². The van der Waals surface area contributed by atoms with E-state index in [1.54, 1.807) is 12.1 Å². The number of nitrogens with zero attached hydrogens (tertiary/aromatic N) is 2. The van der Waals surface area contributed by atoms with Gasteiger partial charge in [-0.3, -0.25) is 9.59 Å². The Morgan fingerprint density at radius 1 is 1.18 bits per heavy atom. The van der Waals surface area contributed by atoms with Crippen molar-refractivity contribution in [1.82, 2.24) is 25.5 Å². The molecule has 3 aliphatic rings. The van der Waals surface area contributed by atoms with Gasteiger partial charge in [0, 0.05) is 12.0 Å². The largest absolute Gasteiger partial charge is 0.380 e. The van der Waals surface area contributed by atoms with Crippen LogP contribution in [0.2, 0.25) is 0 Å². The predicted molar refractivity (Wildman–Crippen MR) is 145 cm³/mol. The van der Waals surface area contributed by atoms with Gasteiger partial charge in [0.05, 0.1) is 43.3 Å². The smallest absolute Gasteiger partial charge is 0.238 e. The number of H-pyrrole nitrogens is 1. The number of ether oxygens (including phenoxy) is 1. The third kappa shape index (κ3) is 5.30. The van der Waals surface area contributed by atoms with Crippen LogP contribution in [0, 0.1) is 17.2 Å². The van der Waals surface area contributed by atoms with E-state index in [0.717, 1.165) is 44.5 Å². The molecule has 2 amide bonds. The molecule has 3 fully saturated rings. The van der Waals surface area contributed by atoms with E-state index in [2.05, 4.69) is 32.7 Å². The van der Waals surface area contributed by atoms with Crippen molar-refractivity contribution in [2.45, 2.75) is 57.2 Å². The molecule has 0 bridgehead atoms. The van der Waals surface area contributed by atoms with Crippen LogP contribution in [0.25, 0.3) is 11.0 Å². The maximum atomic E-state index is 14.2. The fraction of sp³-hybridized carbons (Fsp3) is 0.500. The molecule has 6 rings (SSSR count). The molecule has 3 N–H and O–H groups in total. The minimum atomic E-state index is -0.674. The zero-order valence-corrected chi connectivity index (χ0v) is 22.3. The van der Waals surface area contributed by atoms with Crippen molar-refractivity contribution >= 4 is 22.8 Å². The van der Waals surface area contributed by atoms with Crippen LogP contribution in [0.15, 0.2) is 48.5 Å². The summed E-state index contributed by atoms with van der Waals surface area (Å²) in [7, 11) is 0. The molecule has 2 aliphatic heterocycles. The summed E-state index contributed by atoms with van der Waals surface area (Å²) in [5, 5.41) is 6.42. The summed E-state index contributed by atoms with van der Waals surface area (Å²) in [5.41, 5.74) is 2.29. The number of fused-ring (bicyclic) bond motifs is 1. The number of nitrogens with one attached hydrogen (secondary N) is 3. The number of aromatic amines is 1. The molecule has 3 atom stereocenters. The van der Waals surface area contributed by atoms with Gasteiger partial charge in [-0.2, -0.15) is 0 Å². The highest BCUT2D eigenvalue weighted by Gasteiger charge is 2.49. The van der Waals surface area contributed by atoms with Crippen LogP contribution in [0.5, 0.6) is 0 Å². The van der Waals surface area contributed by atoms with E-state index < -0.39 is 12.1 Å². The number of hydrogen-bond acceptors (Lipinski definition) is 5. The lowest BCUT2D eigenvalue weighted by molar-refractivity contribution is -0.178. The SMILES string of the molecule is C[C@H](NC(=O)[C@H](CC(=O)N1CCC[C@H]1c1ccccc1)NCC1CC2(COC2)C1)c1nc2cccc(F)c2[nH]1. The molecule has 0 radical (unpaired) electrons. The topological polar surface area (TPSA) is 99.3 Å². The van der Waals surface area contributed by atoms with Crippen LogP contribution in [0.4, 0.5) is 4.39 Å². The molecule has 39 heavy (non-hydrogen) atoms. The summed E-state index contributed by atoms with van der Waals surface area (Å²) >= 11 is 0. The second-order valence-electron chi connectivity index (χ2n) is 11.6. The lowest BCUT2D eigenvalue weighted by Crippen LogP contribution is -2.56. The Labute approximate surface area is 227 Å². The van der Waals surface area contributed by atoms with Gasteiger partial charge in [0.15, 0.2) is 0 Å². The quantitative estimate of drug-likeness (QED) is 0.386.